The number of benzene rings is 1. The fourth-order valence-electron chi connectivity index (χ4n) is 3.99. The molecule has 2 heterocycles. The van der Waals surface area contributed by atoms with E-state index in [1.165, 1.54) is 5.56 Å². The number of halogens is 1. The van der Waals surface area contributed by atoms with Crippen molar-refractivity contribution in [3.63, 3.8) is 0 Å². The van der Waals surface area contributed by atoms with Crippen molar-refractivity contribution in [3.05, 3.63) is 29.3 Å². The highest BCUT2D eigenvalue weighted by Crippen LogP contribution is 2.25. The van der Waals surface area contributed by atoms with Gasteiger partial charge >= 0.3 is 0 Å². The highest BCUT2D eigenvalue weighted by Gasteiger charge is 2.35. The molecular weight excluding hydrogens is 386 g/mol. The predicted octanol–water partition coefficient (Wildman–Crippen LogP) is 1.82. The number of piperazine rings is 1. The molecule has 1 aromatic rings. The molecule has 6 nitrogen and oxygen atoms in total. The number of sulfonamides is 1. The summed E-state index contributed by atoms with van der Waals surface area (Å²) in [6, 6.07) is 5.47. The number of nitrogens with one attached hydrogen (secondary N) is 1. The van der Waals surface area contributed by atoms with Crippen LogP contribution in [0.25, 0.3) is 0 Å². The van der Waals surface area contributed by atoms with E-state index in [2.05, 4.69) is 19.2 Å². The Morgan fingerprint density at radius 3 is 2.56 bits per heavy atom. The lowest BCUT2D eigenvalue weighted by atomic mass is 10.0. The van der Waals surface area contributed by atoms with Crippen LogP contribution in [0.3, 0.4) is 0 Å². The van der Waals surface area contributed by atoms with Crippen LogP contribution in [0.5, 0.6) is 0 Å². The molecule has 2 aliphatic rings. The first kappa shape index (κ1) is 22.1. The highest BCUT2D eigenvalue weighted by molar-refractivity contribution is 7.89. The monoisotopic (exact) mass is 415 g/mol. The van der Waals surface area contributed by atoms with Gasteiger partial charge in [-0.1, -0.05) is 19.9 Å². The third-order valence-electron chi connectivity index (χ3n) is 5.50. The molecule has 0 saturated carbocycles. The maximum atomic E-state index is 13.2. The van der Waals surface area contributed by atoms with Crippen LogP contribution in [0, 0.1) is 0 Å². The van der Waals surface area contributed by atoms with Gasteiger partial charge in [-0.25, -0.2) is 8.42 Å². The standard InChI is InChI=1S/C19H29N3O3S.ClH/c1-3-15-7-8-18(12-16(15)4-2)26(24,25)21-10-5-6-17(14-21)22-11-9-20-13-19(22)23;/h7-8,12,17,20H,3-6,9-11,13-14H2,1-2H3;1H. The fourth-order valence-corrected chi connectivity index (χ4v) is 5.55. The number of hydrogen-bond acceptors (Lipinski definition) is 4. The van der Waals surface area contributed by atoms with Crippen molar-refractivity contribution in [2.24, 2.45) is 0 Å². The second-order valence-corrected chi connectivity index (χ2v) is 9.00. The van der Waals surface area contributed by atoms with Gasteiger partial charge in [0.1, 0.15) is 0 Å². The number of carbonyl (C=O) groups is 1. The summed E-state index contributed by atoms with van der Waals surface area (Å²) in [7, 11) is -3.53. The predicted molar refractivity (Wildman–Crippen MR) is 109 cm³/mol. The van der Waals surface area contributed by atoms with E-state index >= 15 is 0 Å². The zero-order valence-electron chi connectivity index (χ0n) is 16.1. The van der Waals surface area contributed by atoms with E-state index in [9.17, 15) is 13.2 Å². The molecule has 2 fully saturated rings. The van der Waals surface area contributed by atoms with E-state index in [4.69, 9.17) is 0 Å². The number of rotatable bonds is 5. The number of piperidine rings is 1. The van der Waals surface area contributed by atoms with Crippen LogP contribution >= 0.6 is 12.4 Å². The second-order valence-electron chi connectivity index (χ2n) is 7.06. The summed E-state index contributed by atoms with van der Waals surface area (Å²) in [5.74, 6) is 0.0704. The van der Waals surface area contributed by atoms with Gasteiger partial charge in [-0.3, -0.25) is 4.79 Å². The first-order valence-corrected chi connectivity index (χ1v) is 11.0. The second kappa shape index (κ2) is 9.37. The summed E-state index contributed by atoms with van der Waals surface area (Å²) in [5.41, 5.74) is 2.30. The number of carbonyl (C=O) groups excluding carboxylic acids is 1. The molecule has 1 aromatic carbocycles. The van der Waals surface area contributed by atoms with Gasteiger partial charge in [-0.15, -0.1) is 12.4 Å². The molecule has 3 rings (SSSR count). The molecular formula is C19H30ClN3O3S. The molecule has 0 aliphatic carbocycles. The van der Waals surface area contributed by atoms with Crippen LogP contribution in [-0.4, -0.2) is 62.3 Å². The minimum Gasteiger partial charge on any atom is -0.336 e. The smallest absolute Gasteiger partial charge is 0.243 e. The van der Waals surface area contributed by atoms with Crippen LogP contribution in [-0.2, 0) is 27.7 Å². The quantitative estimate of drug-likeness (QED) is 0.796. The maximum absolute atomic E-state index is 13.2. The zero-order valence-corrected chi connectivity index (χ0v) is 17.7. The Morgan fingerprint density at radius 1 is 1.15 bits per heavy atom. The number of hydrogen-bond donors (Lipinski definition) is 1. The van der Waals surface area contributed by atoms with Gasteiger partial charge in [0.2, 0.25) is 15.9 Å². The van der Waals surface area contributed by atoms with E-state index in [1.54, 1.807) is 10.4 Å². The lowest BCUT2D eigenvalue weighted by Gasteiger charge is -2.40. The molecule has 1 atom stereocenters. The van der Waals surface area contributed by atoms with Crippen LogP contribution in [0.4, 0.5) is 0 Å². The average Bonchev–Trinajstić information content (AvgIpc) is 2.67. The van der Waals surface area contributed by atoms with Gasteiger partial charge in [-0.2, -0.15) is 4.31 Å². The Hall–Kier alpha value is -1.15. The van der Waals surface area contributed by atoms with Gasteiger partial charge in [0.15, 0.2) is 0 Å². The van der Waals surface area contributed by atoms with E-state index in [-0.39, 0.29) is 24.4 Å². The van der Waals surface area contributed by atoms with Gasteiger partial charge in [0, 0.05) is 32.2 Å². The summed E-state index contributed by atoms with van der Waals surface area (Å²) in [5, 5.41) is 3.07. The molecule has 1 unspecified atom stereocenters. The Morgan fingerprint density at radius 2 is 1.89 bits per heavy atom. The average molecular weight is 416 g/mol. The molecule has 0 radical (unpaired) electrons. The van der Waals surface area contributed by atoms with Crippen molar-refractivity contribution < 1.29 is 13.2 Å². The normalized spacial score (nSPS) is 21.8. The summed E-state index contributed by atoms with van der Waals surface area (Å²) in [6.45, 7) is 6.83. The van der Waals surface area contributed by atoms with Gasteiger partial charge in [0.05, 0.1) is 11.4 Å². The van der Waals surface area contributed by atoms with Crippen molar-refractivity contribution >= 4 is 28.3 Å². The van der Waals surface area contributed by atoms with Crippen molar-refractivity contribution in [2.75, 3.05) is 32.7 Å². The van der Waals surface area contributed by atoms with Crippen molar-refractivity contribution in [3.8, 4) is 0 Å². The first-order chi connectivity index (χ1) is 12.5. The zero-order chi connectivity index (χ0) is 18.7. The first-order valence-electron chi connectivity index (χ1n) is 9.59. The molecule has 2 aliphatic heterocycles. The van der Waals surface area contributed by atoms with Crippen molar-refractivity contribution in [2.45, 2.75) is 50.5 Å². The summed E-state index contributed by atoms with van der Waals surface area (Å²) >= 11 is 0. The third-order valence-corrected chi connectivity index (χ3v) is 7.36. The lowest BCUT2D eigenvalue weighted by molar-refractivity contribution is -0.135. The third kappa shape index (κ3) is 4.65. The Balaban J connectivity index is 0.00000261. The molecule has 0 aromatic heterocycles. The van der Waals surface area contributed by atoms with Crippen LogP contribution in [0.1, 0.15) is 37.8 Å². The summed E-state index contributed by atoms with van der Waals surface area (Å²) in [6.07, 6.45) is 3.38. The summed E-state index contributed by atoms with van der Waals surface area (Å²) < 4.78 is 27.9. The number of nitrogens with zero attached hydrogens (tertiary/aromatic N) is 2. The van der Waals surface area contributed by atoms with Crippen LogP contribution in [0.15, 0.2) is 23.1 Å². The van der Waals surface area contributed by atoms with Crippen LogP contribution < -0.4 is 5.32 Å². The van der Waals surface area contributed by atoms with Gasteiger partial charge in [0.25, 0.3) is 0 Å². The SMILES string of the molecule is CCc1ccc(S(=O)(=O)N2CCCC(N3CCNCC3=O)C2)cc1CC.Cl. The maximum Gasteiger partial charge on any atom is 0.243 e. The number of amides is 1. The number of aryl methyl sites for hydroxylation is 2. The van der Waals surface area contributed by atoms with Crippen molar-refractivity contribution in [1.29, 1.82) is 0 Å². The molecule has 0 bridgehead atoms. The minimum atomic E-state index is -3.53. The highest BCUT2D eigenvalue weighted by atomic mass is 35.5. The molecule has 8 heteroatoms. The van der Waals surface area contributed by atoms with Crippen molar-refractivity contribution in [1.82, 2.24) is 14.5 Å². The molecule has 0 spiro atoms. The molecule has 1 amide bonds. The Labute approximate surface area is 168 Å². The Kier molecular flexibility index (Phi) is 7.68. The molecule has 27 heavy (non-hydrogen) atoms. The lowest BCUT2D eigenvalue weighted by Crippen LogP contribution is -2.57. The van der Waals surface area contributed by atoms with Gasteiger partial charge < -0.3 is 10.2 Å². The van der Waals surface area contributed by atoms with E-state index in [0.717, 1.165) is 37.8 Å². The molecule has 2 saturated heterocycles. The summed E-state index contributed by atoms with van der Waals surface area (Å²) in [4.78, 5) is 14.4. The van der Waals surface area contributed by atoms with E-state index < -0.39 is 10.0 Å². The topological polar surface area (TPSA) is 69.7 Å². The molecule has 1 N–H and O–H groups in total. The molecule has 152 valence electrons. The fraction of sp³-hybridized carbons (Fsp3) is 0.632. The Bertz CT molecular complexity index is 769. The van der Waals surface area contributed by atoms with E-state index in [0.29, 0.717) is 31.1 Å². The van der Waals surface area contributed by atoms with E-state index in [1.807, 2.05) is 17.0 Å². The minimum absolute atomic E-state index is 0. The van der Waals surface area contributed by atoms with Crippen LogP contribution in [0.2, 0.25) is 0 Å². The largest absolute Gasteiger partial charge is 0.336 e. The van der Waals surface area contributed by atoms with Gasteiger partial charge in [-0.05, 0) is 48.9 Å².